The maximum Gasteiger partial charge on any atom is 0.509 e. The van der Waals surface area contributed by atoms with Crippen molar-refractivity contribution < 1.29 is 24.6 Å². The molecule has 0 aromatic heterocycles. The van der Waals surface area contributed by atoms with Gasteiger partial charge in [0.15, 0.2) is 0 Å². The summed E-state index contributed by atoms with van der Waals surface area (Å²) in [7, 11) is 0. The molecule has 1 aromatic rings. The van der Waals surface area contributed by atoms with Gasteiger partial charge in [0.25, 0.3) is 0 Å². The molecule has 1 unspecified atom stereocenters. The van der Waals surface area contributed by atoms with Crippen LogP contribution in [0, 0.1) is 0 Å². The van der Waals surface area contributed by atoms with E-state index >= 15 is 0 Å². The van der Waals surface area contributed by atoms with Crippen LogP contribution >= 0.6 is 23.2 Å². The molecule has 1 aliphatic heterocycles. The number of carbonyl (C=O) groups is 1. The predicted molar refractivity (Wildman–Crippen MR) is 67.6 cm³/mol. The Morgan fingerprint density at radius 2 is 2.05 bits per heavy atom. The third-order valence-electron chi connectivity index (χ3n) is 2.47. The first-order chi connectivity index (χ1) is 8.94. The molecule has 1 atom stereocenters. The van der Waals surface area contributed by atoms with Crippen LogP contribution in [0.15, 0.2) is 23.4 Å². The molecular formula is C11H9Cl2NO5. The normalized spacial score (nSPS) is 21.7. The second-order valence-corrected chi connectivity index (χ2v) is 4.77. The highest BCUT2D eigenvalue weighted by molar-refractivity contribution is 6.35. The van der Waals surface area contributed by atoms with Crippen molar-refractivity contribution in [2.24, 2.45) is 5.16 Å². The molecule has 0 radical (unpaired) electrons. The molecule has 0 amide bonds. The number of benzene rings is 1. The number of hydrogen-bond acceptors (Lipinski definition) is 5. The Labute approximate surface area is 118 Å². The van der Waals surface area contributed by atoms with Crippen molar-refractivity contribution in [3.8, 4) is 0 Å². The van der Waals surface area contributed by atoms with Crippen molar-refractivity contribution in [1.82, 2.24) is 0 Å². The van der Waals surface area contributed by atoms with E-state index in [2.05, 4.69) is 9.89 Å². The first-order valence-corrected chi connectivity index (χ1v) is 5.94. The summed E-state index contributed by atoms with van der Waals surface area (Å²) in [4.78, 5) is 15.5. The molecule has 0 spiro atoms. The van der Waals surface area contributed by atoms with E-state index in [9.17, 15) is 9.90 Å². The van der Waals surface area contributed by atoms with E-state index < -0.39 is 18.5 Å². The fourth-order valence-electron chi connectivity index (χ4n) is 1.66. The van der Waals surface area contributed by atoms with E-state index in [-0.39, 0.29) is 6.42 Å². The predicted octanol–water partition coefficient (Wildman–Crippen LogP) is 2.50. The van der Waals surface area contributed by atoms with Gasteiger partial charge < -0.3 is 19.8 Å². The molecule has 1 heterocycles. The van der Waals surface area contributed by atoms with Crippen molar-refractivity contribution in [2.75, 3.05) is 6.61 Å². The first-order valence-electron chi connectivity index (χ1n) is 5.18. The second kappa shape index (κ2) is 5.24. The summed E-state index contributed by atoms with van der Waals surface area (Å²) in [5.41, 5.74) is 0.960. The van der Waals surface area contributed by atoms with Crippen molar-refractivity contribution in [2.45, 2.75) is 12.2 Å². The third kappa shape index (κ3) is 3.09. The quantitative estimate of drug-likeness (QED) is 0.838. The Bertz CT molecular complexity index is 528. The molecule has 1 aromatic carbocycles. The van der Waals surface area contributed by atoms with Crippen LogP contribution < -0.4 is 0 Å². The number of hydrogen-bond donors (Lipinski definition) is 2. The van der Waals surface area contributed by atoms with Crippen LogP contribution in [0.1, 0.15) is 12.0 Å². The van der Waals surface area contributed by atoms with Gasteiger partial charge in [-0.3, -0.25) is 0 Å². The monoisotopic (exact) mass is 305 g/mol. The fourth-order valence-corrected chi connectivity index (χ4v) is 2.19. The van der Waals surface area contributed by atoms with Gasteiger partial charge in [0.1, 0.15) is 6.61 Å². The van der Waals surface area contributed by atoms with Gasteiger partial charge in [-0.25, -0.2) is 4.79 Å². The highest BCUT2D eigenvalue weighted by Crippen LogP contribution is 2.30. The van der Waals surface area contributed by atoms with E-state index in [0.29, 0.717) is 21.3 Å². The number of carboxylic acid groups (broad SMARTS) is 1. The Morgan fingerprint density at radius 3 is 2.58 bits per heavy atom. The minimum Gasteiger partial charge on any atom is -0.450 e. The summed E-state index contributed by atoms with van der Waals surface area (Å²) in [6.45, 7) is -0.652. The molecule has 0 bridgehead atoms. The maximum atomic E-state index is 10.6. The van der Waals surface area contributed by atoms with Crippen LogP contribution in [0.3, 0.4) is 0 Å². The molecule has 1 aliphatic rings. The summed E-state index contributed by atoms with van der Waals surface area (Å²) in [6, 6.07) is 4.75. The van der Waals surface area contributed by atoms with Crippen LogP contribution in [-0.2, 0) is 9.57 Å². The Kier molecular flexibility index (Phi) is 3.84. The number of rotatable bonds is 3. The van der Waals surface area contributed by atoms with Crippen molar-refractivity contribution in [1.29, 1.82) is 0 Å². The van der Waals surface area contributed by atoms with Gasteiger partial charge in [0.05, 0.1) is 12.1 Å². The number of halogens is 2. The zero-order valence-electron chi connectivity index (χ0n) is 9.47. The van der Waals surface area contributed by atoms with E-state index in [1.807, 2.05) is 0 Å². The molecule has 2 rings (SSSR count). The molecule has 6 nitrogen and oxygen atoms in total. The minimum absolute atomic E-state index is 0.0352. The van der Waals surface area contributed by atoms with Gasteiger partial charge in [0.2, 0.25) is 0 Å². The lowest BCUT2D eigenvalue weighted by Gasteiger charge is -2.21. The first kappa shape index (κ1) is 13.9. The maximum absolute atomic E-state index is 10.6. The van der Waals surface area contributed by atoms with Gasteiger partial charge in [-0.2, -0.15) is 0 Å². The summed E-state index contributed by atoms with van der Waals surface area (Å²) in [5.74, 6) is -1.71. The highest BCUT2D eigenvalue weighted by Gasteiger charge is 2.43. The lowest BCUT2D eigenvalue weighted by molar-refractivity contribution is -0.213. The Morgan fingerprint density at radius 1 is 1.42 bits per heavy atom. The molecular weight excluding hydrogens is 297 g/mol. The zero-order chi connectivity index (χ0) is 14.0. The van der Waals surface area contributed by atoms with Crippen molar-refractivity contribution in [3.05, 3.63) is 33.8 Å². The molecule has 19 heavy (non-hydrogen) atoms. The topological polar surface area (TPSA) is 88.4 Å². The van der Waals surface area contributed by atoms with Gasteiger partial charge in [-0.1, -0.05) is 28.4 Å². The molecule has 0 saturated heterocycles. The summed E-state index contributed by atoms with van der Waals surface area (Å²) < 4.78 is 4.52. The summed E-state index contributed by atoms with van der Waals surface area (Å²) in [6.07, 6.45) is -1.60. The van der Waals surface area contributed by atoms with E-state index in [1.165, 1.54) is 0 Å². The van der Waals surface area contributed by atoms with Crippen molar-refractivity contribution in [3.63, 3.8) is 0 Å². The zero-order valence-corrected chi connectivity index (χ0v) is 11.0. The summed E-state index contributed by atoms with van der Waals surface area (Å²) >= 11 is 11.7. The second-order valence-electron chi connectivity index (χ2n) is 3.90. The lowest BCUT2D eigenvalue weighted by atomic mass is 10.0. The molecule has 102 valence electrons. The molecule has 0 saturated carbocycles. The average molecular weight is 306 g/mol. The Hall–Kier alpha value is -1.50. The van der Waals surface area contributed by atoms with Crippen LogP contribution in [0.25, 0.3) is 0 Å². The van der Waals surface area contributed by atoms with Crippen molar-refractivity contribution >= 4 is 35.1 Å². The standard InChI is InChI=1S/C11H9Cl2NO5/c12-7-1-6(2-8(13)3-7)9-4-11(5-15,19-14-9)18-10(16)17/h1-3,15H,4-5H2,(H,16,17). The van der Waals surface area contributed by atoms with E-state index in [4.69, 9.17) is 33.1 Å². The summed E-state index contributed by atoms with van der Waals surface area (Å²) in [5, 5.41) is 22.3. The van der Waals surface area contributed by atoms with E-state index in [1.54, 1.807) is 18.2 Å². The fraction of sp³-hybridized carbons (Fsp3) is 0.273. The number of nitrogens with zero attached hydrogens (tertiary/aromatic N) is 1. The lowest BCUT2D eigenvalue weighted by Crippen LogP contribution is -2.38. The molecule has 8 heteroatoms. The van der Waals surface area contributed by atoms with Crippen LogP contribution in [0.5, 0.6) is 0 Å². The molecule has 0 aliphatic carbocycles. The number of oxime groups is 1. The molecule has 2 N–H and O–H groups in total. The van der Waals surface area contributed by atoms with Crippen LogP contribution in [0.4, 0.5) is 4.79 Å². The van der Waals surface area contributed by atoms with E-state index in [0.717, 1.165) is 0 Å². The van der Waals surface area contributed by atoms with Crippen LogP contribution in [-0.4, -0.2) is 34.5 Å². The van der Waals surface area contributed by atoms with Gasteiger partial charge in [-0.15, -0.1) is 0 Å². The Balaban J connectivity index is 2.22. The minimum atomic E-state index is -1.71. The number of ether oxygens (including phenoxy) is 1. The van der Waals surface area contributed by atoms with Gasteiger partial charge in [0, 0.05) is 15.6 Å². The third-order valence-corrected chi connectivity index (χ3v) is 2.91. The average Bonchev–Trinajstić information content (AvgIpc) is 2.72. The van der Waals surface area contributed by atoms with Crippen LogP contribution in [0.2, 0.25) is 10.0 Å². The SMILES string of the molecule is O=C(O)OC1(CO)CC(c2cc(Cl)cc(Cl)c2)=NO1. The largest absolute Gasteiger partial charge is 0.509 e. The number of aliphatic hydroxyl groups excluding tert-OH is 1. The smallest absolute Gasteiger partial charge is 0.450 e. The van der Waals surface area contributed by atoms with Gasteiger partial charge >= 0.3 is 11.9 Å². The number of aliphatic hydroxyl groups is 1. The molecule has 0 fully saturated rings. The highest BCUT2D eigenvalue weighted by atomic mass is 35.5. The van der Waals surface area contributed by atoms with Gasteiger partial charge in [-0.05, 0) is 18.2 Å².